The topological polar surface area (TPSA) is 104 Å². The summed E-state index contributed by atoms with van der Waals surface area (Å²) in [6.45, 7) is 6.61. The number of fused-ring (bicyclic) bond motifs is 2. The third kappa shape index (κ3) is 4.01. The molecule has 1 saturated carbocycles. The van der Waals surface area contributed by atoms with E-state index in [1.807, 2.05) is 43.0 Å². The number of piperidine rings is 1. The van der Waals surface area contributed by atoms with Gasteiger partial charge in [0.15, 0.2) is 5.82 Å². The van der Waals surface area contributed by atoms with E-state index in [1.165, 1.54) is 18.4 Å². The Morgan fingerprint density at radius 3 is 2.73 bits per heavy atom. The van der Waals surface area contributed by atoms with Gasteiger partial charge in [-0.25, -0.2) is 15.0 Å². The Balaban J connectivity index is 1.40. The van der Waals surface area contributed by atoms with Crippen molar-refractivity contribution < 1.29 is 0 Å². The van der Waals surface area contributed by atoms with Crippen LogP contribution in [-0.4, -0.2) is 49.0 Å². The van der Waals surface area contributed by atoms with Crippen LogP contribution in [0.15, 0.2) is 55.2 Å². The van der Waals surface area contributed by atoms with Gasteiger partial charge in [-0.3, -0.25) is 9.97 Å². The molecule has 1 saturated heterocycles. The van der Waals surface area contributed by atoms with Gasteiger partial charge in [0.1, 0.15) is 11.5 Å². The molecule has 1 unspecified atom stereocenters. The number of aromatic amines is 1. The number of rotatable bonds is 5. The standard InChI is InChI=1S/C29H30N8/c1-29(2)16-31-10-8-24(29)36-28-25-21(17-5-6-17)14-32-15-23(25)35-27(37-28)19-7-11-33-26-20(19)12-22(34-26)18-4-3-9-30-13-18/h3-4,7,9,11-15,17,24,31H,5-6,8,10,16H2,1-2H3,(H,33,34)(H,35,36,37). The first-order chi connectivity index (χ1) is 18.1. The number of pyridine rings is 3. The van der Waals surface area contributed by atoms with Gasteiger partial charge in [-0.15, -0.1) is 0 Å². The van der Waals surface area contributed by atoms with Gasteiger partial charge in [-0.05, 0) is 67.0 Å². The second kappa shape index (κ2) is 8.59. The molecule has 3 N–H and O–H groups in total. The van der Waals surface area contributed by atoms with Crippen molar-refractivity contribution in [2.24, 2.45) is 5.41 Å². The highest BCUT2D eigenvalue weighted by Crippen LogP contribution is 2.45. The number of hydrogen-bond acceptors (Lipinski definition) is 7. The number of H-pyrrole nitrogens is 1. The van der Waals surface area contributed by atoms with Crippen molar-refractivity contribution in [3.8, 4) is 22.6 Å². The highest BCUT2D eigenvalue weighted by Gasteiger charge is 2.34. The van der Waals surface area contributed by atoms with E-state index in [0.717, 1.165) is 64.1 Å². The first kappa shape index (κ1) is 22.3. The second-order valence-corrected chi connectivity index (χ2v) is 11.0. The summed E-state index contributed by atoms with van der Waals surface area (Å²) in [6.07, 6.45) is 12.8. The maximum Gasteiger partial charge on any atom is 0.163 e. The van der Waals surface area contributed by atoms with Gasteiger partial charge in [0.2, 0.25) is 0 Å². The van der Waals surface area contributed by atoms with Gasteiger partial charge in [0, 0.05) is 65.0 Å². The predicted molar refractivity (Wildman–Crippen MR) is 146 cm³/mol. The summed E-state index contributed by atoms with van der Waals surface area (Å²) in [4.78, 5) is 27.1. The van der Waals surface area contributed by atoms with Gasteiger partial charge in [0.25, 0.3) is 0 Å². The molecule has 6 heterocycles. The Morgan fingerprint density at radius 2 is 1.92 bits per heavy atom. The minimum Gasteiger partial charge on any atom is -0.366 e. The van der Waals surface area contributed by atoms with Crippen molar-refractivity contribution in [1.29, 1.82) is 0 Å². The first-order valence-corrected chi connectivity index (χ1v) is 13.1. The molecular weight excluding hydrogens is 460 g/mol. The Hall–Kier alpha value is -3.91. The minimum atomic E-state index is 0.103. The van der Waals surface area contributed by atoms with E-state index in [-0.39, 0.29) is 5.41 Å². The highest BCUT2D eigenvalue weighted by atomic mass is 15.1. The lowest BCUT2D eigenvalue weighted by Crippen LogP contribution is -2.49. The maximum atomic E-state index is 5.21. The van der Waals surface area contributed by atoms with Gasteiger partial charge in [-0.2, -0.15) is 0 Å². The van der Waals surface area contributed by atoms with Crippen molar-refractivity contribution in [1.82, 2.24) is 35.2 Å². The van der Waals surface area contributed by atoms with Crippen molar-refractivity contribution in [2.75, 3.05) is 18.4 Å². The molecule has 186 valence electrons. The fourth-order valence-electron chi connectivity index (χ4n) is 5.54. The third-order valence-electron chi connectivity index (χ3n) is 7.84. The Bertz CT molecular complexity index is 1600. The van der Waals surface area contributed by atoms with E-state index in [2.05, 4.69) is 50.5 Å². The SMILES string of the molecule is CC1(C)CNCCC1Nc1nc(-c2ccnc3[nH]c(-c4cccnc4)cc23)nc2cncc(C3CC3)c12. The number of nitrogens with one attached hydrogen (secondary N) is 3. The van der Waals surface area contributed by atoms with Crippen molar-refractivity contribution >= 4 is 27.8 Å². The van der Waals surface area contributed by atoms with Crippen LogP contribution in [0.5, 0.6) is 0 Å². The van der Waals surface area contributed by atoms with E-state index < -0.39 is 0 Å². The molecule has 5 aromatic rings. The largest absolute Gasteiger partial charge is 0.366 e. The summed E-state index contributed by atoms with van der Waals surface area (Å²) >= 11 is 0. The highest BCUT2D eigenvalue weighted by molar-refractivity contribution is 5.98. The van der Waals surface area contributed by atoms with Gasteiger partial charge in [0.05, 0.1) is 11.7 Å². The number of aromatic nitrogens is 6. The summed E-state index contributed by atoms with van der Waals surface area (Å²) in [5, 5.41) is 9.52. The molecular formula is C29H30N8. The lowest BCUT2D eigenvalue weighted by molar-refractivity contribution is 0.236. The van der Waals surface area contributed by atoms with Gasteiger partial charge >= 0.3 is 0 Å². The van der Waals surface area contributed by atoms with Crippen LogP contribution in [0, 0.1) is 5.41 Å². The Morgan fingerprint density at radius 1 is 1.00 bits per heavy atom. The zero-order chi connectivity index (χ0) is 25.0. The molecule has 37 heavy (non-hydrogen) atoms. The Kier molecular flexibility index (Phi) is 5.18. The van der Waals surface area contributed by atoms with Crippen LogP contribution in [0.1, 0.15) is 44.6 Å². The Labute approximate surface area is 215 Å². The number of nitrogens with zero attached hydrogens (tertiary/aromatic N) is 5. The molecule has 5 aromatic heterocycles. The predicted octanol–water partition coefficient (Wildman–Crippen LogP) is 5.31. The van der Waals surface area contributed by atoms with Crippen LogP contribution in [0.2, 0.25) is 0 Å². The fraction of sp³-hybridized carbons (Fsp3) is 0.345. The van der Waals surface area contributed by atoms with Gasteiger partial charge in [-0.1, -0.05) is 13.8 Å². The molecule has 2 fully saturated rings. The average molecular weight is 491 g/mol. The molecule has 8 nitrogen and oxygen atoms in total. The van der Waals surface area contributed by atoms with E-state index in [0.29, 0.717) is 17.8 Å². The smallest absolute Gasteiger partial charge is 0.163 e. The van der Waals surface area contributed by atoms with E-state index in [1.54, 1.807) is 6.20 Å². The summed E-state index contributed by atoms with van der Waals surface area (Å²) in [5.74, 6) is 2.14. The fourth-order valence-corrected chi connectivity index (χ4v) is 5.54. The summed E-state index contributed by atoms with van der Waals surface area (Å²) in [6, 6.07) is 8.40. The lowest BCUT2D eigenvalue weighted by atomic mass is 9.80. The maximum absolute atomic E-state index is 5.21. The second-order valence-electron chi connectivity index (χ2n) is 11.0. The lowest BCUT2D eigenvalue weighted by Gasteiger charge is -2.40. The van der Waals surface area contributed by atoms with E-state index in [9.17, 15) is 0 Å². The molecule has 1 aliphatic heterocycles. The molecule has 2 aliphatic rings. The van der Waals surface area contributed by atoms with Crippen LogP contribution in [-0.2, 0) is 0 Å². The normalized spacial score (nSPS) is 19.4. The van der Waals surface area contributed by atoms with Crippen LogP contribution in [0.25, 0.3) is 44.6 Å². The van der Waals surface area contributed by atoms with Crippen LogP contribution < -0.4 is 10.6 Å². The van der Waals surface area contributed by atoms with Crippen LogP contribution >= 0.6 is 0 Å². The third-order valence-corrected chi connectivity index (χ3v) is 7.84. The number of hydrogen-bond donors (Lipinski definition) is 3. The molecule has 8 heteroatoms. The van der Waals surface area contributed by atoms with Crippen molar-refractivity contribution in [2.45, 2.75) is 45.1 Å². The first-order valence-electron chi connectivity index (χ1n) is 13.1. The molecule has 0 amide bonds. The zero-order valence-electron chi connectivity index (χ0n) is 21.1. The molecule has 0 radical (unpaired) electrons. The summed E-state index contributed by atoms with van der Waals surface area (Å²) in [5.41, 5.74) is 5.99. The molecule has 7 rings (SSSR count). The zero-order valence-corrected chi connectivity index (χ0v) is 21.1. The molecule has 0 spiro atoms. The number of anilines is 1. The van der Waals surface area contributed by atoms with Crippen LogP contribution in [0.3, 0.4) is 0 Å². The van der Waals surface area contributed by atoms with Crippen molar-refractivity contribution in [3.05, 3.63) is 60.8 Å². The van der Waals surface area contributed by atoms with Gasteiger partial charge < -0.3 is 15.6 Å². The monoisotopic (exact) mass is 490 g/mol. The minimum absolute atomic E-state index is 0.103. The summed E-state index contributed by atoms with van der Waals surface area (Å²) in [7, 11) is 0. The quantitative estimate of drug-likeness (QED) is 0.307. The van der Waals surface area contributed by atoms with E-state index >= 15 is 0 Å². The van der Waals surface area contributed by atoms with Crippen molar-refractivity contribution in [3.63, 3.8) is 0 Å². The average Bonchev–Trinajstić information content (AvgIpc) is 3.67. The van der Waals surface area contributed by atoms with Crippen LogP contribution in [0.4, 0.5) is 5.82 Å². The molecule has 0 bridgehead atoms. The molecule has 1 aliphatic carbocycles. The van der Waals surface area contributed by atoms with E-state index in [4.69, 9.17) is 9.97 Å². The molecule has 0 aromatic carbocycles. The summed E-state index contributed by atoms with van der Waals surface area (Å²) < 4.78 is 0. The molecule has 1 atom stereocenters.